The summed E-state index contributed by atoms with van der Waals surface area (Å²) in [6, 6.07) is 14.9. The number of carbonyl (C=O) groups is 2. The Morgan fingerprint density at radius 2 is 1.50 bits per heavy atom. The minimum atomic E-state index is -1.19. The summed E-state index contributed by atoms with van der Waals surface area (Å²) in [5.41, 5.74) is 1.87. The quantitative estimate of drug-likeness (QED) is 0.167. The van der Waals surface area contributed by atoms with E-state index in [1.165, 1.54) is 33.5 Å². The van der Waals surface area contributed by atoms with Crippen LogP contribution >= 0.6 is 12.6 Å². The molecule has 0 unspecified atom stereocenters. The smallest absolute Gasteiger partial charge is 0.340 e. The van der Waals surface area contributed by atoms with Crippen LogP contribution < -0.4 is 14.2 Å². The fraction of sp³-hybridized carbons (Fsp3) is 0.148. The highest BCUT2D eigenvalue weighted by molar-refractivity contribution is 7.97. The molecule has 0 bridgehead atoms. The lowest BCUT2D eigenvalue weighted by molar-refractivity contribution is 0.0693. The largest absolute Gasteiger partial charge is 0.481 e. The number of hydrogen-bond acceptors (Lipinski definition) is 11. The van der Waals surface area contributed by atoms with E-state index in [9.17, 15) is 14.7 Å². The maximum atomic E-state index is 11.7. The lowest BCUT2D eigenvalue weighted by Crippen LogP contribution is -2.10. The van der Waals surface area contributed by atoms with Gasteiger partial charge < -0.3 is 24.2 Å². The number of nitrogens with zero attached hydrogens (tertiary/aromatic N) is 5. The van der Waals surface area contributed by atoms with Crippen LogP contribution in [0.15, 0.2) is 72.1 Å². The van der Waals surface area contributed by atoms with Crippen LogP contribution in [0.1, 0.15) is 33.2 Å². The third-order valence-corrected chi connectivity index (χ3v) is 5.34. The summed E-state index contributed by atoms with van der Waals surface area (Å²) in [6.45, 7) is 1.63. The SMILES string of the molecule is CON=C(C)c1cccc(Oc2nc(OC)cc(OC)n2)c1C(=O)O.O=C(S)c1ccccc1-c1ncccn1. The second-order valence-corrected chi connectivity index (χ2v) is 8.01. The summed E-state index contributed by atoms with van der Waals surface area (Å²) >= 11 is 3.81. The third-order valence-electron chi connectivity index (χ3n) is 5.10. The van der Waals surface area contributed by atoms with Gasteiger partial charge in [-0.3, -0.25) is 4.79 Å². The Morgan fingerprint density at radius 3 is 2.08 bits per heavy atom. The molecule has 0 amide bonds. The first kappa shape index (κ1) is 29.5. The van der Waals surface area contributed by atoms with Gasteiger partial charge >= 0.3 is 12.0 Å². The van der Waals surface area contributed by atoms with Gasteiger partial charge in [0.2, 0.25) is 16.9 Å². The predicted molar refractivity (Wildman–Crippen MR) is 149 cm³/mol. The molecule has 12 nitrogen and oxygen atoms in total. The van der Waals surface area contributed by atoms with Gasteiger partial charge in [-0.05, 0) is 25.1 Å². The first-order valence-electron chi connectivity index (χ1n) is 11.5. The number of aromatic carboxylic acids is 1. The zero-order valence-electron chi connectivity index (χ0n) is 21.9. The molecule has 0 aliphatic carbocycles. The number of carbonyl (C=O) groups excluding carboxylic acids is 1. The van der Waals surface area contributed by atoms with Crippen molar-refractivity contribution >= 4 is 29.4 Å². The number of benzene rings is 2. The molecule has 4 aromatic rings. The molecule has 2 aromatic carbocycles. The Balaban J connectivity index is 0.000000249. The Bertz CT molecular complexity index is 1490. The Kier molecular flexibility index (Phi) is 10.5. The van der Waals surface area contributed by atoms with Gasteiger partial charge in [0.25, 0.3) is 0 Å². The molecule has 2 aromatic heterocycles. The molecule has 2 heterocycles. The van der Waals surface area contributed by atoms with Crippen molar-refractivity contribution < 1.29 is 33.7 Å². The van der Waals surface area contributed by atoms with Crippen molar-refractivity contribution in [3.8, 4) is 34.9 Å². The lowest BCUT2D eigenvalue weighted by atomic mass is 10.0. The number of carboxylic acids is 1. The van der Waals surface area contributed by atoms with Crippen molar-refractivity contribution in [3.05, 3.63) is 83.7 Å². The number of aromatic nitrogens is 4. The Morgan fingerprint density at radius 1 is 0.875 bits per heavy atom. The molecule has 0 saturated carbocycles. The van der Waals surface area contributed by atoms with Gasteiger partial charge in [-0.15, -0.1) is 12.6 Å². The Labute approximate surface area is 235 Å². The van der Waals surface area contributed by atoms with Crippen LogP contribution in [-0.4, -0.2) is 63.2 Å². The molecule has 1 N–H and O–H groups in total. The molecule has 13 heteroatoms. The van der Waals surface area contributed by atoms with Gasteiger partial charge in [0.05, 0.1) is 26.0 Å². The van der Waals surface area contributed by atoms with Gasteiger partial charge in [-0.2, -0.15) is 9.97 Å². The van der Waals surface area contributed by atoms with Crippen molar-refractivity contribution in [1.29, 1.82) is 0 Å². The number of carboxylic acid groups (broad SMARTS) is 1. The first-order chi connectivity index (χ1) is 19.3. The van der Waals surface area contributed by atoms with Crippen LogP contribution in [0.2, 0.25) is 0 Å². The maximum Gasteiger partial charge on any atom is 0.340 e. The molecule has 206 valence electrons. The average Bonchev–Trinajstić information content (AvgIpc) is 2.97. The summed E-state index contributed by atoms with van der Waals surface area (Å²) in [6.07, 6.45) is 3.28. The molecular formula is C27H25N5O7S. The predicted octanol–water partition coefficient (Wildman–Crippen LogP) is 4.57. The van der Waals surface area contributed by atoms with E-state index < -0.39 is 5.97 Å². The summed E-state index contributed by atoms with van der Waals surface area (Å²) in [4.78, 5) is 43.9. The van der Waals surface area contributed by atoms with Gasteiger partial charge in [-0.25, -0.2) is 14.8 Å². The van der Waals surface area contributed by atoms with E-state index in [1.807, 2.05) is 6.07 Å². The van der Waals surface area contributed by atoms with E-state index in [0.717, 1.165) is 0 Å². The van der Waals surface area contributed by atoms with Crippen LogP contribution in [0.4, 0.5) is 0 Å². The van der Waals surface area contributed by atoms with Crippen molar-refractivity contribution in [3.63, 3.8) is 0 Å². The minimum absolute atomic E-state index is 0.0472. The van der Waals surface area contributed by atoms with Crippen LogP contribution in [0.25, 0.3) is 11.4 Å². The normalized spacial score (nSPS) is 10.6. The van der Waals surface area contributed by atoms with Crippen molar-refractivity contribution in [2.75, 3.05) is 21.3 Å². The van der Waals surface area contributed by atoms with Crippen molar-refractivity contribution in [2.24, 2.45) is 5.16 Å². The van der Waals surface area contributed by atoms with E-state index in [2.05, 4.69) is 37.7 Å². The number of ether oxygens (including phenoxy) is 3. The van der Waals surface area contributed by atoms with Crippen LogP contribution in [-0.2, 0) is 4.84 Å². The monoisotopic (exact) mass is 563 g/mol. The molecule has 0 saturated heterocycles. The van der Waals surface area contributed by atoms with Crippen molar-refractivity contribution in [2.45, 2.75) is 6.92 Å². The second kappa shape index (κ2) is 14.2. The molecule has 0 spiro atoms. The Hall–Kier alpha value is -5.04. The highest BCUT2D eigenvalue weighted by Gasteiger charge is 2.20. The minimum Gasteiger partial charge on any atom is -0.481 e. The van der Waals surface area contributed by atoms with E-state index in [-0.39, 0.29) is 34.2 Å². The second-order valence-electron chi connectivity index (χ2n) is 7.60. The lowest BCUT2D eigenvalue weighted by Gasteiger charge is -2.12. The van der Waals surface area contributed by atoms with E-state index in [1.54, 1.807) is 55.7 Å². The van der Waals surface area contributed by atoms with Gasteiger partial charge in [0.15, 0.2) is 5.82 Å². The molecule has 4 rings (SSSR count). The van der Waals surface area contributed by atoms with Gasteiger partial charge in [-0.1, -0.05) is 35.5 Å². The zero-order valence-corrected chi connectivity index (χ0v) is 22.8. The van der Waals surface area contributed by atoms with E-state index >= 15 is 0 Å². The molecule has 0 radical (unpaired) electrons. The summed E-state index contributed by atoms with van der Waals surface area (Å²) in [7, 11) is 4.24. The third kappa shape index (κ3) is 7.51. The summed E-state index contributed by atoms with van der Waals surface area (Å²) in [5, 5.41) is 13.1. The van der Waals surface area contributed by atoms with E-state index in [4.69, 9.17) is 19.0 Å². The molecule has 0 aliphatic rings. The topological polar surface area (TPSA) is 155 Å². The highest BCUT2D eigenvalue weighted by Crippen LogP contribution is 2.29. The molecule has 0 fully saturated rings. The fourth-order valence-electron chi connectivity index (χ4n) is 3.36. The molecule has 0 atom stereocenters. The van der Waals surface area contributed by atoms with Crippen molar-refractivity contribution in [1.82, 2.24) is 19.9 Å². The average molecular weight is 564 g/mol. The number of oxime groups is 1. The van der Waals surface area contributed by atoms with Crippen LogP contribution in [0.5, 0.6) is 23.5 Å². The van der Waals surface area contributed by atoms with Crippen LogP contribution in [0.3, 0.4) is 0 Å². The number of thiol groups is 1. The van der Waals surface area contributed by atoms with Crippen LogP contribution in [0, 0.1) is 0 Å². The van der Waals surface area contributed by atoms with Gasteiger partial charge in [0, 0.05) is 29.1 Å². The number of hydrogen-bond donors (Lipinski definition) is 2. The fourth-order valence-corrected chi connectivity index (χ4v) is 3.56. The summed E-state index contributed by atoms with van der Waals surface area (Å²) < 4.78 is 15.7. The number of methoxy groups -OCH3 is 2. The maximum absolute atomic E-state index is 11.7. The zero-order chi connectivity index (χ0) is 29.1. The molecule has 0 aliphatic heterocycles. The summed E-state index contributed by atoms with van der Waals surface area (Å²) in [5.74, 6) is -0.174. The van der Waals surface area contributed by atoms with E-state index in [0.29, 0.717) is 28.2 Å². The molecule has 40 heavy (non-hydrogen) atoms. The van der Waals surface area contributed by atoms with Gasteiger partial charge in [0.1, 0.15) is 18.4 Å². The highest BCUT2D eigenvalue weighted by atomic mass is 32.1. The molecular weight excluding hydrogens is 538 g/mol. The first-order valence-corrected chi connectivity index (χ1v) is 11.9. The standard InChI is InChI=1S/C16H17N3O6.C11H8N2OS/c1-9(19-24-4)10-6-5-7-11(14(10)15(20)21)25-16-17-12(22-2)8-13(18-16)23-3;14-11(15)9-5-2-1-4-8(9)10-12-6-3-7-13-10/h5-8H,1-4H3,(H,20,21);1-7H,(H,14,15). The number of rotatable bonds is 9.